The van der Waals surface area contributed by atoms with Crippen LogP contribution in [-0.2, 0) is 47.1 Å². The predicted octanol–water partition coefficient (Wildman–Crippen LogP) is 0.405. The first kappa shape index (κ1) is 19.9. The molecule has 18 heavy (non-hydrogen) atoms. The Hall–Kier alpha value is -0.416. The zero-order chi connectivity index (χ0) is 13.4. The molecule has 0 saturated carbocycles. The molecule has 0 radical (unpaired) electrons. The van der Waals surface area contributed by atoms with Crippen molar-refractivity contribution in [2.75, 3.05) is 26.2 Å². The first-order chi connectivity index (χ1) is 7.97. The molecule has 0 aromatic carbocycles. The maximum Gasteiger partial charge on any atom is 3.00 e. The van der Waals surface area contributed by atoms with Gasteiger partial charge in [0.2, 0.25) is 5.91 Å². The number of rotatable bonds is 2. The fourth-order valence-electron chi connectivity index (χ4n) is 1.53. The molecular weight excluding hydrogens is 309 g/mol. The van der Waals surface area contributed by atoms with Gasteiger partial charge in [0.1, 0.15) is 0 Å². The topological polar surface area (TPSA) is 57.7 Å². The number of carbonyl (C=O) groups is 2. The van der Waals surface area contributed by atoms with E-state index in [4.69, 9.17) is 4.79 Å². The minimum absolute atomic E-state index is 0. The summed E-state index contributed by atoms with van der Waals surface area (Å²) in [4.78, 5) is 35.1. The van der Waals surface area contributed by atoms with Crippen molar-refractivity contribution in [2.45, 2.75) is 27.7 Å². The van der Waals surface area contributed by atoms with Crippen molar-refractivity contribution in [1.29, 1.82) is 0 Å². The van der Waals surface area contributed by atoms with Gasteiger partial charge < -0.3 is 19.4 Å². The van der Waals surface area contributed by atoms with Crippen LogP contribution in [0.15, 0.2) is 0 Å². The summed E-state index contributed by atoms with van der Waals surface area (Å²) >= 11 is 0. The number of carbonyl (C=O) groups excluding carboxylic acids is 3. The summed E-state index contributed by atoms with van der Waals surface area (Å²) < 4.78 is 0. The molecule has 1 rings (SSSR count). The second-order valence-corrected chi connectivity index (χ2v) is 3.90. The van der Waals surface area contributed by atoms with Gasteiger partial charge in [-0.3, -0.25) is 17.0 Å². The van der Waals surface area contributed by atoms with Crippen LogP contribution in [0.2, 0.25) is 0 Å². The summed E-state index contributed by atoms with van der Waals surface area (Å²) in [5, 5.41) is 0. The largest absolute Gasteiger partial charge is 3.00 e. The number of piperazine rings is 1. The van der Waals surface area contributed by atoms with Crippen LogP contribution in [0.5, 0.6) is 0 Å². The molecule has 0 spiro atoms. The van der Waals surface area contributed by atoms with Gasteiger partial charge in [-0.15, -0.1) is 0 Å². The van der Waals surface area contributed by atoms with Crippen LogP contribution >= 0.6 is 0 Å². The van der Waals surface area contributed by atoms with E-state index in [1.807, 2.05) is 6.92 Å². The summed E-state index contributed by atoms with van der Waals surface area (Å²) in [6.45, 7) is 9.11. The molecule has 1 fully saturated rings. The van der Waals surface area contributed by atoms with Crippen LogP contribution in [0.3, 0.4) is 0 Å². The molecule has 0 N–H and O–H groups in total. The van der Waals surface area contributed by atoms with E-state index in [-0.39, 0.29) is 51.1 Å². The van der Waals surface area contributed by atoms with E-state index in [9.17, 15) is 9.59 Å². The van der Waals surface area contributed by atoms with Crippen molar-refractivity contribution in [3.05, 3.63) is 5.92 Å². The van der Waals surface area contributed by atoms with E-state index in [2.05, 4.69) is 0 Å². The molecule has 0 bridgehead atoms. The molecule has 1 saturated heterocycles. The molecule has 0 aromatic rings. The predicted molar refractivity (Wildman–Crippen MR) is 64.8 cm³/mol. The van der Waals surface area contributed by atoms with Crippen molar-refractivity contribution in [3.8, 4) is 0 Å². The smallest absolute Gasteiger partial charge is 0.542 e. The monoisotopic (exact) mass is 329 g/mol. The van der Waals surface area contributed by atoms with Gasteiger partial charge in [-0.1, -0.05) is 0 Å². The summed E-state index contributed by atoms with van der Waals surface area (Å²) in [6, 6.07) is 0. The first-order valence-corrected chi connectivity index (χ1v) is 5.64. The molecule has 0 aliphatic carbocycles. The Morgan fingerprint density at radius 2 is 1.89 bits per heavy atom. The van der Waals surface area contributed by atoms with Crippen molar-refractivity contribution in [1.82, 2.24) is 9.80 Å². The third-order valence-corrected chi connectivity index (χ3v) is 2.42. The maximum absolute atomic E-state index is 11.6. The molecule has 0 unspecified atom stereocenters. The summed E-state index contributed by atoms with van der Waals surface area (Å²) in [5.74, 6) is 0.783. The fraction of sp³-hybridized carbons (Fsp3) is 0.667. The number of likely N-dealkylation sites (N-methyl/N-ethyl adjacent to an activating group) is 1. The zero-order valence-corrected chi connectivity index (χ0v) is 14.4. The van der Waals surface area contributed by atoms with Gasteiger partial charge in [0, 0.05) is 19.6 Å². The average Bonchev–Trinajstić information content (AvgIpc) is 2.28. The Bertz CT molecular complexity index is 282. The Morgan fingerprint density at radius 3 is 2.22 bits per heavy atom. The number of hydrogen-bond donors (Lipinski definition) is 0. The second kappa shape index (κ2) is 10.5. The van der Waals surface area contributed by atoms with Crippen molar-refractivity contribution >= 4 is 18.1 Å². The fourth-order valence-corrected chi connectivity index (χ4v) is 1.53. The van der Waals surface area contributed by atoms with Crippen molar-refractivity contribution < 1.29 is 47.1 Å². The molecule has 1 aliphatic rings. The van der Waals surface area contributed by atoms with Gasteiger partial charge >= 0.3 is 32.7 Å². The summed E-state index contributed by atoms with van der Waals surface area (Å²) in [5.41, 5.74) is 0. The normalized spacial score (nSPS) is 14.1. The molecule has 98 valence electrons. The van der Waals surface area contributed by atoms with Gasteiger partial charge in [0.15, 0.2) is 0 Å². The van der Waals surface area contributed by atoms with E-state index in [1.165, 1.54) is 13.2 Å². The van der Waals surface area contributed by atoms with Gasteiger partial charge in [-0.25, -0.2) is 0 Å². The Kier molecular flexibility index (Phi) is 11.6. The molecule has 6 heteroatoms. The molecule has 0 atom stereocenters. The van der Waals surface area contributed by atoms with Gasteiger partial charge in [-0.2, -0.15) is 20.8 Å². The zero-order valence-electron chi connectivity index (χ0n) is 11.5. The van der Waals surface area contributed by atoms with Crippen LogP contribution in [-0.4, -0.2) is 54.1 Å². The van der Waals surface area contributed by atoms with E-state index >= 15 is 0 Å². The van der Waals surface area contributed by atoms with Crippen molar-refractivity contribution in [3.63, 3.8) is 0 Å². The minimum atomic E-state index is -0.00546. The van der Waals surface area contributed by atoms with E-state index < -0.39 is 0 Å². The van der Waals surface area contributed by atoms with E-state index in [1.54, 1.807) is 23.6 Å². The third-order valence-electron chi connectivity index (χ3n) is 2.42. The van der Waals surface area contributed by atoms with Gasteiger partial charge in [0.25, 0.3) is 0 Å². The van der Waals surface area contributed by atoms with Crippen LogP contribution in [0.25, 0.3) is 0 Å². The minimum Gasteiger partial charge on any atom is -0.542 e. The number of amides is 2. The average molecular weight is 329 g/mol. The standard InChI is InChI=1S/C10H17N2O2.C2H3O.Y/c1-4-11-5-6-12(7-9(11)13)10(14)8(2)3;1-2-3;/h4-7H2,1-3H3;1H3;/q2*-1;+3. The molecule has 1 aliphatic heterocycles. The number of hydrogen-bond acceptors (Lipinski definition) is 3. The maximum atomic E-state index is 11.6. The van der Waals surface area contributed by atoms with Crippen LogP contribution < -0.4 is 0 Å². The molecular formula is C12H20N2O3Y+. The van der Waals surface area contributed by atoms with E-state index in [0.717, 1.165) is 12.5 Å². The van der Waals surface area contributed by atoms with Gasteiger partial charge in [0.05, 0.1) is 12.5 Å². The Morgan fingerprint density at radius 1 is 1.39 bits per heavy atom. The van der Waals surface area contributed by atoms with Crippen molar-refractivity contribution in [2.24, 2.45) is 0 Å². The van der Waals surface area contributed by atoms with Crippen LogP contribution in [0.4, 0.5) is 0 Å². The SMILES string of the molecule is CCN1CCN(C(=O)[C-](C)C)CC1=O.C[C-]=O.[Y+3]. The van der Waals surface area contributed by atoms with Crippen LogP contribution in [0, 0.1) is 5.92 Å². The van der Waals surface area contributed by atoms with Crippen LogP contribution in [0.1, 0.15) is 27.7 Å². The molecule has 0 aromatic heterocycles. The Labute approximate surface area is 134 Å². The van der Waals surface area contributed by atoms with E-state index in [0.29, 0.717) is 13.1 Å². The summed E-state index contributed by atoms with van der Waals surface area (Å²) in [6.07, 6.45) is 1.50. The molecule has 1 heterocycles. The first-order valence-electron chi connectivity index (χ1n) is 5.64. The molecule has 5 nitrogen and oxygen atoms in total. The second-order valence-electron chi connectivity index (χ2n) is 3.90. The van der Waals surface area contributed by atoms with Gasteiger partial charge in [-0.05, 0) is 6.92 Å². The third kappa shape index (κ3) is 6.50. The summed E-state index contributed by atoms with van der Waals surface area (Å²) in [7, 11) is 0. The quantitative estimate of drug-likeness (QED) is 0.690. The molecule has 2 amide bonds. The Balaban J connectivity index is 0. The number of nitrogens with zero attached hydrogens (tertiary/aromatic N) is 2.